The molecule has 0 unspecified atom stereocenters. The molecule has 1 heterocycles. The topological polar surface area (TPSA) is 58.1 Å². The van der Waals surface area contributed by atoms with Crippen LogP contribution in [0.1, 0.15) is 16.7 Å². The Morgan fingerprint density at radius 3 is 2.55 bits per heavy atom. The lowest BCUT2D eigenvalue weighted by molar-refractivity contribution is -0.0504. The van der Waals surface area contributed by atoms with Gasteiger partial charge in [0.1, 0.15) is 11.6 Å². The SMILES string of the molecule is CN=C(NCc1ccc(N2CCOCC2)c(F)c1)NCc1cc(C)ccc1OC(F)F. The fourth-order valence-electron chi connectivity index (χ4n) is 3.36. The second-order valence-electron chi connectivity index (χ2n) is 7.15. The van der Waals surface area contributed by atoms with Gasteiger partial charge in [-0.3, -0.25) is 4.99 Å². The van der Waals surface area contributed by atoms with Crippen molar-refractivity contribution >= 4 is 11.6 Å². The molecule has 1 aliphatic rings. The molecule has 2 aromatic rings. The second-order valence-corrected chi connectivity index (χ2v) is 7.15. The van der Waals surface area contributed by atoms with Crippen molar-refractivity contribution < 1.29 is 22.6 Å². The van der Waals surface area contributed by atoms with Crippen molar-refractivity contribution in [3.8, 4) is 5.75 Å². The Balaban J connectivity index is 1.57. The Bertz CT molecular complexity index is 902. The molecule has 0 aliphatic carbocycles. The number of alkyl halides is 2. The van der Waals surface area contributed by atoms with Gasteiger partial charge in [-0.15, -0.1) is 0 Å². The van der Waals surface area contributed by atoms with Crippen LogP contribution in [0.15, 0.2) is 41.4 Å². The van der Waals surface area contributed by atoms with Gasteiger partial charge >= 0.3 is 6.61 Å². The summed E-state index contributed by atoms with van der Waals surface area (Å²) in [6.45, 7) is 2.10. The first-order chi connectivity index (χ1) is 15.0. The number of hydrogen-bond donors (Lipinski definition) is 2. The fraction of sp³-hybridized carbons (Fsp3) is 0.409. The highest BCUT2D eigenvalue weighted by atomic mass is 19.3. The molecule has 0 radical (unpaired) electrons. The highest BCUT2D eigenvalue weighted by molar-refractivity contribution is 5.79. The van der Waals surface area contributed by atoms with Gasteiger partial charge in [-0.2, -0.15) is 8.78 Å². The maximum atomic E-state index is 14.6. The number of morpholine rings is 1. The third kappa shape index (κ3) is 6.52. The maximum absolute atomic E-state index is 14.6. The molecule has 2 N–H and O–H groups in total. The Hall–Kier alpha value is -2.94. The van der Waals surface area contributed by atoms with Gasteiger partial charge in [0, 0.05) is 38.8 Å². The van der Waals surface area contributed by atoms with Crippen molar-refractivity contribution in [2.24, 2.45) is 4.99 Å². The molecule has 1 aliphatic heterocycles. The number of halogens is 3. The largest absolute Gasteiger partial charge is 0.434 e. The third-order valence-electron chi connectivity index (χ3n) is 4.93. The highest BCUT2D eigenvalue weighted by Crippen LogP contribution is 2.23. The first-order valence-electron chi connectivity index (χ1n) is 10.1. The minimum absolute atomic E-state index is 0.115. The average Bonchev–Trinajstić information content (AvgIpc) is 2.76. The summed E-state index contributed by atoms with van der Waals surface area (Å²) >= 11 is 0. The molecule has 6 nitrogen and oxygen atoms in total. The zero-order chi connectivity index (χ0) is 22.2. The minimum atomic E-state index is -2.89. The van der Waals surface area contributed by atoms with E-state index >= 15 is 0 Å². The van der Waals surface area contributed by atoms with E-state index in [-0.39, 0.29) is 18.1 Å². The van der Waals surface area contributed by atoms with Gasteiger partial charge in [0.05, 0.1) is 18.9 Å². The van der Waals surface area contributed by atoms with Gasteiger partial charge in [-0.05, 0) is 30.7 Å². The van der Waals surface area contributed by atoms with E-state index < -0.39 is 6.61 Å². The molecule has 0 spiro atoms. The van der Waals surface area contributed by atoms with E-state index in [0.717, 1.165) is 11.1 Å². The minimum Gasteiger partial charge on any atom is -0.434 e. The van der Waals surface area contributed by atoms with E-state index in [9.17, 15) is 13.2 Å². The average molecular weight is 436 g/mol. The van der Waals surface area contributed by atoms with E-state index in [2.05, 4.69) is 20.4 Å². The number of aryl methyl sites for hydroxylation is 1. The zero-order valence-corrected chi connectivity index (χ0v) is 17.6. The van der Waals surface area contributed by atoms with Gasteiger partial charge in [0.2, 0.25) is 0 Å². The number of rotatable bonds is 7. The van der Waals surface area contributed by atoms with Crippen LogP contribution in [0.2, 0.25) is 0 Å². The van der Waals surface area contributed by atoms with E-state index in [0.29, 0.717) is 50.1 Å². The lowest BCUT2D eigenvalue weighted by Gasteiger charge is -2.29. The molecule has 0 bridgehead atoms. The van der Waals surface area contributed by atoms with Crippen molar-refractivity contribution in [3.63, 3.8) is 0 Å². The van der Waals surface area contributed by atoms with Crippen LogP contribution >= 0.6 is 0 Å². The second kappa shape index (κ2) is 10.9. The van der Waals surface area contributed by atoms with Crippen molar-refractivity contribution in [2.45, 2.75) is 26.6 Å². The molecule has 2 aromatic carbocycles. The summed E-state index contributed by atoms with van der Waals surface area (Å²) in [6, 6.07) is 10.1. The first-order valence-corrected chi connectivity index (χ1v) is 10.1. The molecule has 3 rings (SSSR count). The summed E-state index contributed by atoms with van der Waals surface area (Å²) in [4.78, 5) is 6.10. The summed E-state index contributed by atoms with van der Waals surface area (Å²) in [5.74, 6) is 0.296. The predicted molar refractivity (Wildman–Crippen MR) is 114 cm³/mol. The van der Waals surface area contributed by atoms with Gasteiger partial charge < -0.3 is 25.0 Å². The van der Waals surface area contributed by atoms with Gasteiger partial charge in [0.25, 0.3) is 0 Å². The monoisotopic (exact) mass is 436 g/mol. The van der Waals surface area contributed by atoms with E-state index in [1.165, 1.54) is 12.1 Å². The van der Waals surface area contributed by atoms with Crippen LogP contribution in [0, 0.1) is 12.7 Å². The number of hydrogen-bond acceptors (Lipinski definition) is 4. The molecule has 1 saturated heterocycles. The van der Waals surface area contributed by atoms with Crippen LogP contribution in [0.25, 0.3) is 0 Å². The normalized spacial score (nSPS) is 14.6. The fourth-order valence-corrected chi connectivity index (χ4v) is 3.36. The molecule has 31 heavy (non-hydrogen) atoms. The Labute approximate surface area is 180 Å². The summed E-state index contributed by atoms with van der Waals surface area (Å²) in [5, 5.41) is 6.18. The van der Waals surface area contributed by atoms with Gasteiger partial charge in [-0.1, -0.05) is 23.8 Å². The third-order valence-corrected chi connectivity index (χ3v) is 4.93. The van der Waals surface area contributed by atoms with E-state index in [1.807, 2.05) is 17.9 Å². The number of nitrogens with zero attached hydrogens (tertiary/aromatic N) is 2. The molecular formula is C22H27F3N4O2. The van der Waals surface area contributed by atoms with Crippen LogP contribution in [0.4, 0.5) is 18.9 Å². The molecule has 0 aromatic heterocycles. The van der Waals surface area contributed by atoms with Crippen molar-refractivity contribution in [1.82, 2.24) is 10.6 Å². The standard InChI is InChI=1S/C22H27F3N4O2/c1-15-3-6-20(31-21(24)25)17(11-15)14-28-22(26-2)27-13-16-4-5-19(18(23)12-16)29-7-9-30-10-8-29/h3-6,11-12,21H,7-10,13-14H2,1-2H3,(H2,26,27,28). The van der Waals surface area contributed by atoms with E-state index in [4.69, 9.17) is 4.74 Å². The summed E-state index contributed by atoms with van der Waals surface area (Å²) in [5.41, 5.74) is 2.84. The van der Waals surface area contributed by atoms with Crippen molar-refractivity contribution in [2.75, 3.05) is 38.3 Å². The predicted octanol–water partition coefficient (Wildman–Crippen LogP) is 3.44. The van der Waals surface area contributed by atoms with Crippen LogP contribution in [0.5, 0.6) is 5.75 Å². The number of nitrogens with one attached hydrogen (secondary N) is 2. The van der Waals surface area contributed by atoms with E-state index in [1.54, 1.807) is 25.2 Å². The lowest BCUT2D eigenvalue weighted by atomic mass is 10.1. The van der Waals surface area contributed by atoms with Crippen LogP contribution in [-0.2, 0) is 17.8 Å². The maximum Gasteiger partial charge on any atom is 0.387 e. The molecular weight excluding hydrogens is 409 g/mol. The Kier molecular flexibility index (Phi) is 8.00. The molecule has 9 heteroatoms. The van der Waals surface area contributed by atoms with Crippen molar-refractivity contribution in [3.05, 3.63) is 58.9 Å². The smallest absolute Gasteiger partial charge is 0.387 e. The molecule has 0 amide bonds. The highest BCUT2D eigenvalue weighted by Gasteiger charge is 2.15. The van der Waals surface area contributed by atoms with Crippen LogP contribution in [0.3, 0.4) is 0 Å². The quantitative estimate of drug-likeness (QED) is 0.515. The molecule has 168 valence electrons. The summed E-state index contributed by atoms with van der Waals surface area (Å²) < 4.78 is 49.7. The first kappa shape index (κ1) is 22.7. The molecule has 0 saturated carbocycles. The van der Waals surface area contributed by atoms with Crippen molar-refractivity contribution in [1.29, 1.82) is 0 Å². The summed E-state index contributed by atoms with van der Waals surface area (Å²) in [7, 11) is 1.60. The number of guanidine groups is 1. The summed E-state index contributed by atoms with van der Waals surface area (Å²) in [6.07, 6.45) is 0. The number of ether oxygens (including phenoxy) is 2. The van der Waals surface area contributed by atoms with Gasteiger partial charge in [-0.25, -0.2) is 4.39 Å². The molecule has 0 atom stereocenters. The van der Waals surface area contributed by atoms with Gasteiger partial charge in [0.15, 0.2) is 5.96 Å². The Morgan fingerprint density at radius 1 is 1.13 bits per heavy atom. The lowest BCUT2D eigenvalue weighted by Crippen LogP contribution is -2.37. The number of benzene rings is 2. The molecule has 1 fully saturated rings. The van der Waals surface area contributed by atoms with Crippen LogP contribution in [-0.4, -0.2) is 45.9 Å². The number of aliphatic imine (C=N–C) groups is 1. The van der Waals surface area contributed by atoms with Crippen LogP contribution < -0.4 is 20.3 Å². The number of anilines is 1. The zero-order valence-electron chi connectivity index (χ0n) is 17.6. The Morgan fingerprint density at radius 2 is 1.87 bits per heavy atom.